The minimum atomic E-state index is -3.70. The van der Waals surface area contributed by atoms with Gasteiger partial charge in [-0.05, 0) is 12.8 Å². The Morgan fingerprint density at radius 3 is 2.79 bits per heavy atom. The highest BCUT2D eigenvalue weighted by atomic mass is 32.2. The number of aromatic nitrogens is 2. The zero-order valence-corrected chi connectivity index (χ0v) is 11.9. The zero-order chi connectivity index (χ0) is 14.0. The maximum absolute atomic E-state index is 12.5. The van der Waals surface area contributed by atoms with Crippen molar-refractivity contribution in [2.24, 2.45) is 7.05 Å². The van der Waals surface area contributed by atoms with Gasteiger partial charge in [0.1, 0.15) is 6.04 Å². The molecule has 2 heterocycles. The first-order valence-electron chi connectivity index (χ1n) is 6.18. The Morgan fingerprint density at radius 2 is 2.21 bits per heavy atom. The van der Waals surface area contributed by atoms with Crippen molar-refractivity contribution < 1.29 is 13.2 Å². The second-order valence-electron chi connectivity index (χ2n) is 4.62. The van der Waals surface area contributed by atoms with Crippen LogP contribution in [-0.2, 0) is 21.9 Å². The summed E-state index contributed by atoms with van der Waals surface area (Å²) < 4.78 is 27.8. The lowest BCUT2D eigenvalue weighted by Gasteiger charge is -2.32. The summed E-state index contributed by atoms with van der Waals surface area (Å²) in [5, 5.41) is 2.51. The molecule has 1 fully saturated rings. The average Bonchev–Trinajstić information content (AvgIpc) is 2.85. The van der Waals surface area contributed by atoms with Crippen molar-refractivity contribution in [1.29, 1.82) is 0 Å². The van der Waals surface area contributed by atoms with Crippen LogP contribution in [0.25, 0.3) is 0 Å². The van der Waals surface area contributed by atoms with Crippen molar-refractivity contribution in [2.75, 3.05) is 13.6 Å². The number of hydrogen-bond acceptors (Lipinski definition) is 4. The summed E-state index contributed by atoms with van der Waals surface area (Å²) in [5.74, 6) is -0.265. The molecule has 1 aromatic heterocycles. The van der Waals surface area contributed by atoms with Crippen LogP contribution in [0.1, 0.15) is 19.3 Å². The molecule has 0 radical (unpaired) electrons. The fourth-order valence-electron chi connectivity index (χ4n) is 2.26. The van der Waals surface area contributed by atoms with E-state index in [-0.39, 0.29) is 10.9 Å². The maximum atomic E-state index is 12.5. The number of nitrogens with zero attached hydrogens (tertiary/aromatic N) is 3. The number of sulfonamides is 1. The lowest BCUT2D eigenvalue weighted by molar-refractivity contribution is -0.125. The summed E-state index contributed by atoms with van der Waals surface area (Å²) in [4.78, 5) is 15.7. The molecular formula is C11H18N4O3S. The Kier molecular flexibility index (Phi) is 3.91. The number of imidazole rings is 1. The fourth-order valence-corrected chi connectivity index (χ4v) is 3.89. The summed E-state index contributed by atoms with van der Waals surface area (Å²) in [6, 6.07) is -0.634. The molecular weight excluding hydrogens is 268 g/mol. The van der Waals surface area contributed by atoms with Crippen LogP contribution in [0.5, 0.6) is 0 Å². The fraction of sp³-hybridized carbons (Fsp3) is 0.636. The molecule has 1 aliphatic heterocycles. The Hall–Kier alpha value is -1.41. The molecule has 0 saturated carbocycles. The van der Waals surface area contributed by atoms with Crippen LogP contribution in [0, 0.1) is 0 Å². The molecule has 0 unspecified atom stereocenters. The molecule has 1 saturated heterocycles. The smallest absolute Gasteiger partial charge is 0.262 e. The monoisotopic (exact) mass is 286 g/mol. The van der Waals surface area contributed by atoms with Crippen LogP contribution in [0.2, 0.25) is 0 Å². The van der Waals surface area contributed by atoms with Crippen LogP contribution in [0.3, 0.4) is 0 Å². The van der Waals surface area contributed by atoms with Gasteiger partial charge in [0.25, 0.3) is 10.0 Å². The quantitative estimate of drug-likeness (QED) is 0.827. The zero-order valence-electron chi connectivity index (χ0n) is 11.0. The molecule has 0 bridgehead atoms. The minimum Gasteiger partial charge on any atom is -0.358 e. The van der Waals surface area contributed by atoms with Crippen molar-refractivity contribution in [3.8, 4) is 0 Å². The van der Waals surface area contributed by atoms with E-state index in [1.807, 2.05) is 0 Å². The van der Waals surface area contributed by atoms with Crippen molar-refractivity contribution in [1.82, 2.24) is 19.2 Å². The summed E-state index contributed by atoms with van der Waals surface area (Å²) in [6.45, 7) is 0.358. The molecule has 8 heteroatoms. The van der Waals surface area contributed by atoms with E-state index < -0.39 is 16.1 Å². The summed E-state index contributed by atoms with van der Waals surface area (Å²) in [7, 11) is -0.482. The van der Waals surface area contributed by atoms with Crippen molar-refractivity contribution >= 4 is 15.9 Å². The van der Waals surface area contributed by atoms with E-state index in [4.69, 9.17) is 0 Å². The van der Waals surface area contributed by atoms with Gasteiger partial charge in [0, 0.05) is 26.8 Å². The van der Waals surface area contributed by atoms with Crippen LogP contribution in [0.4, 0.5) is 0 Å². The number of carbonyl (C=O) groups is 1. The SMILES string of the molecule is CNC(=O)[C@H]1CCCCN1S(=O)(=O)c1cn(C)cn1. The molecule has 106 valence electrons. The van der Waals surface area contributed by atoms with Crippen LogP contribution < -0.4 is 5.32 Å². The Bertz CT molecular complexity index is 566. The number of nitrogens with one attached hydrogen (secondary N) is 1. The first kappa shape index (κ1) is 14.0. The summed E-state index contributed by atoms with van der Waals surface area (Å²) in [5.41, 5.74) is 0. The molecule has 1 atom stereocenters. The van der Waals surface area contributed by atoms with Gasteiger partial charge in [0.15, 0.2) is 5.03 Å². The van der Waals surface area contributed by atoms with E-state index in [1.165, 1.54) is 23.9 Å². The molecule has 0 aliphatic carbocycles. The maximum Gasteiger partial charge on any atom is 0.262 e. The Balaban J connectivity index is 2.34. The highest BCUT2D eigenvalue weighted by Crippen LogP contribution is 2.24. The van der Waals surface area contributed by atoms with Gasteiger partial charge in [-0.1, -0.05) is 6.42 Å². The van der Waals surface area contributed by atoms with E-state index >= 15 is 0 Å². The molecule has 1 N–H and O–H groups in total. The van der Waals surface area contributed by atoms with E-state index in [9.17, 15) is 13.2 Å². The number of rotatable bonds is 3. The molecule has 1 aliphatic rings. The van der Waals surface area contributed by atoms with E-state index in [0.717, 1.165) is 12.8 Å². The normalized spacial score (nSPS) is 21.3. The van der Waals surface area contributed by atoms with Gasteiger partial charge < -0.3 is 9.88 Å². The molecule has 0 spiro atoms. The van der Waals surface area contributed by atoms with Crippen LogP contribution >= 0.6 is 0 Å². The molecule has 1 amide bonds. The van der Waals surface area contributed by atoms with E-state index in [2.05, 4.69) is 10.3 Å². The summed E-state index contributed by atoms with van der Waals surface area (Å²) in [6.07, 6.45) is 5.05. The highest BCUT2D eigenvalue weighted by molar-refractivity contribution is 7.89. The van der Waals surface area contributed by atoms with Crippen molar-refractivity contribution in [3.63, 3.8) is 0 Å². The van der Waals surface area contributed by atoms with Crippen molar-refractivity contribution in [3.05, 3.63) is 12.5 Å². The van der Waals surface area contributed by atoms with Gasteiger partial charge in [0.05, 0.1) is 6.33 Å². The molecule has 7 nitrogen and oxygen atoms in total. The predicted octanol–water partition coefficient (Wildman–Crippen LogP) is -0.291. The van der Waals surface area contributed by atoms with E-state index in [1.54, 1.807) is 11.6 Å². The third kappa shape index (κ3) is 2.64. The van der Waals surface area contributed by atoms with Gasteiger partial charge >= 0.3 is 0 Å². The lowest BCUT2D eigenvalue weighted by atomic mass is 10.0. The standard InChI is InChI=1S/C11H18N4O3S/c1-12-11(16)9-5-3-4-6-15(9)19(17,18)10-7-14(2)8-13-10/h7-9H,3-6H2,1-2H3,(H,12,16)/t9-/m1/s1. The van der Waals surface area contributed by atoms with Gasteiger partial charge in [0.2, 0.25) is 5.91 Å². The number of aryl methyl sites for hydroxylation is 1. The number of piperidine rings is 1. The number of carbonyl (C=O) groups excluding carboxylic acids is 1. The molecule has 2 rings (SSSR count). The Labute approximate surface area is 112 Å². The third-order valence-corrected chi connectivity index (χ3v) is 5.05. The van der Waals surface area contributed by atoms with Crippen molar-refractivity contribution in [2.45, 2.75) is 30.3 Å². The molecule has 0 aromatic carbocycles. The average molecular weight is 286 g/mol. The van der Waals surface area contributed by atoms with E-state index in [0.29, 0.717) is 13.0 Å². The first-order valence-corrected chi connectivity index (χ1v) is 7.62. The highest BCUT2D eigenvalue weighted by Gasteiger charge is 2.38. The summed E-state index contributed by atoms with van der Waals surface area (Å²) >= 11 is 0. The van der Waals surface area contributed by atoms with Gasteiger partial charge in [-0.15, -0.1) is 0 Å². The Morgan fingerprint density at radius 1 is 1.47 bits per heavy atom. The number of amides is 1. The van der Waals surface area contributed by atoms with Crippen LogP contribution in [0.15, 0.2) is 17.6 Å². The minimum absolute atomic E-state index is 0.00852. The lowest BCUT2D eigenvalue weighted by Crippen LogP contribution is -2.51. The number of likely N-dealkylation sites (N-methyl/N-ethyl adjacent to an activating group) is 1. The molecule has 1 aromatic rings. The van der Waals surface area contributed by atoms with Gasteiger partial charge in [-0.3, -0.25) is 4.79 Å². The largest absolute Gasteiger partial charge is 0.358 e. The van der Waals surface area contributed by atoms with Crippen LogP contribution in [-0.4, -0.2) is 47.8 Å². The first-order chi connectivity index (χ1) is 8.96. The topological polar surface area (TPSA) is 84.3 Å². The van der Waals surface area contributed by atoms with Gasteiger partial charge in [-0.25, -0.2) is 13.4 Å². The second-order valence-corrected chi connectivity index (χ2v) is 6.46. The van der Waals surface area contributed by atoms with Gasteiger partial charge in [-0.2, -0.15) is 4.31 Å². The third-order valence-electron chi connectivity index (χ3n) is 3.26. The molecule has 19 heavy (non-hydrogen) atoms. The number of hydrogen-bond donors (Lipinski definition) is 1. The predicted molar refractivity (Wildman–Crippen MR) is 68.8 cm³/mol. The second kappa shape index (κ2) is 5.30.